The molecule has 2 nitrogen and oxygen atoms in total. The summed E-state index contributed by atoms with van der Waals surface area (Å²) in [7, 11) is 0. The number of hydrogen-bond acceptors (Lipinski definition) is 3. The van der Waals surface area contributed by atoms with Gasteiger partial charge in [-0.3, -0.25) is 4.79 Å². The van der Waals surface area contributed by atoms with E-state index in [-0.39, 0.29) is 18.1 Å². The van der Waals surface area contributed by atoms with Gasteiger partial charge >= 0.3 is 6.18 Å². The number of thiophene rings is 1. The molecule has 0 saturated carbocycles. The molecule has 1 aromatic carbocycles. The van der Waals surface area contributed by atoms with E-state index in [1.807, 2.05) is 0 Å². The van der Waals surface area contributed by atoms with Gasteiger partial charge in [0, 0.05) is 5.56 Å². The number of alkyl halides is 3. The van der Waals surface area contributed by atoms with Gasteiger partial charge < -0.3 is 4.74 Å². The molecule has 0 fully saturated rings. The quantitative estimate of drug-likeness (QED) is 0.578. The summed E-state index contributed by atoms with van der Waals surface area (Å²) in [5, 5.41) is 0. The van der Waals surface area contributed by atoms with E-state index in [2.05, 4.69) is 31.9 Å². The molecule has 0 bridgehead atoms. The first-order chi connectivity index (χ1) is 9.77. The predicted octanol–water partition coefficient (Wildman–Crippen LogP) is 5.55. The smallest absolute Gasteiger partial charge is 0.416 e. The third-order valence-electron chi connectivity index (χ3n) is 2.49. The van der Waals surface area contributed by atoms with E-state index in [1.54, 1.807) is 6.07 Å². The van der Waals surface area contributed by atoms with E-state index in [4.69, 9.17) is 4.74 Å². The summed E-state index contributed by atoms with van der Waals surface area (Å²) in [6, 6.07) is 6.06. The zero-order valence-corrected chi connectivity index (χ0v) is 14.2. The fraction of sp³-hybridized carbons (Fsp3) is 0.154. The van der Waals surface area contributed by atoms with E-state index in [9.17, 15) is 18.0 Å². The van der Waals surface area contributed by atoms with Crippen LogP contribution in [-0.4, -0.2) is 12.4 Å². The minimum absolute atomic E-state index is 0.00333. The van der Waals surface area contributed by atoms with E-state index in [0.717, 1.165) is 15.9 Å². The van der Waals surface area contributed by atoms with Gasteiger partial charge in [-0.05, 0) is 56.1 Å². The molecule has 0 aliphatic heterocycles. The molecule has 0 aliphatic rings. The Morgan fingerprint density at radius 2 is 1.95 bits per heavy atom. The van der Waals surface area contributed by atoms with E-state index >= 15 is 0 Å². The molecule has 0 saturated heterocycles. The second-order valence-corrected chi connectivity index (χ2v) is 7.72. The summed E-state index contributed by atoms with van der Waals surface area (Å²) < 4.78 is 44.2. The number of ether oxygens (including phenoxy) is 1. The van der Waals surface area contributed by atoms with Crippen LogP contribution >= 0.6 is 43.2 Å². The highest BCUT2D eigenvalue weighted by Crippen LogP contribution is 2.33. The van der Waals surface area contributed by atoms with Crippen molar-refractivity contribution in [1.29, 1.82) is 0 Å². The van der Waals surface area contributed by atoms with Crippen LogP contribution in [0, 0.1) is 0 Å². The zero-order valence-electron chi connectivity index (χ0n) is 10.2. The molecule has 0 N–H and O–H groups in total. The summed E-state index contributed by atoms with van der Waals surface area (Å²) >= 11 is 7.83. The molecule has 0 amide bonds. The van der Waals surface area contributed by atoms with Gasteiger partial charge in [0.05, 0.1) is 13.1 Å². The SMILES string of the molecule is O=C(COc1cccc(C(F)(F)F)c1)c1cc(Br)sc1Br. The van der Waals surface area contributed by atoms with Crippen LogP contribution in [0.25, 0.3) is 0 Å². The number of Topliss-reactive ketones (excluding diaryl/α,β-unsaturated/α-hetero) is 1. The molecule has 1 aromatic heterocycles. The van der Waals surface area contributed by atoms with Crippen LogP contribution in [0.3, 0.4) is 0 Å². The number of carbonyl (C=O) groups excluding carboxylic acids is 1. The average Bonchev–Trinajstić information content (AvgIpc) is 2.74. The molecule has 0 atom stereocenters. The zero-order chi connectivity index (χ0) is 15.6. The average molecular weight is 444 g/mol. The van der Waals surface area contributed by atoms with Gasteiger partial charge in [-0.25, -0.2) is 0 Å². The lowest BCUT2D eigenvalue weighted by atomic mass is 10.2. The number of benzene rings is 1. The van der Waals surface area contributed by atoms with Crippen molar-refractivity contribution in [2.24, 2.45) is 0 Å². The van der Waals surface area contributed by atoms with Crippen LogP contribution in [0.1, 0.15) is 15.9 Å². The first-order valence-corrected chi connectivity index (χ1v) is 7.95. The van der Waals surface area contributed by atoms with Gasteiger partial charge in [0.1, 0.15) is 5.75 Å². The van der Waals surface area contributed by atoms with Crippen molar-refractivity contribution in [3.05, 3.63) is 49.0 Å². The van der Waals surface area contributed by atoms with Crippen molar-refractivity contribution < 1.29 is 22.7 Å². The predicted molar refractivity (Wildman–Crippen MR) is 81.0 cm³/mol. The molecule has 0 unspecified atom stereocenters. The van der Waals surface area contributed by atoms with Gasteiger partial charge in [0.2, 0.25) is 5.78 Å². The molecule has 0 aliphatic carbocycles. The third-order valence-corrected chi connectivity index (χ3v) is 4.83. The Bertz CT molecular complexity index is 668. The maximum absolute atomic E-state index is 12.6. The third kappa shape index (κ3) is 4.31. The molecule has 112 valence electrons. The number of rotatable bonds is 4. The maximum Gasteiger partial charge on any atom is 0.416 e. The first-order valence-electron chi connectivity index (χ1n) is 5.55. The van der Waals surface area contributed by atoms with E-state index in [1.165, 1.54) is 23.5 Å². The van der Waals surface area contributed by atoms with Crippen LogP contribution in [0.4, 0.5) is 13.2 Å². The number of hydrogen-bond donors (Lipinski definition) is 0. The highest BCUT2D eigenvalue weighted by Gasteiger charge is 2.30. The Morgan fingerprint density at radius 3 is 2.52 bits per heavy atom. The second kappa shape index (κ2) is 6.50. The van der Waals surface area contributed by atoms with E-state index < -0.39 is 11.7 Å². The summed E-state index contributed by atoms with van der Waals surface area (Å²) in [4.78, 5) is 11.9. The monoisotopic (exact) mass is 442 g/mol. The molecule has 1 heterocycles. The molecular weight excluding hydrogens is 437 g/mol. The Morgan fingerprint density at radius 1 is 1.24 bits per heavy atom. The highest BCUT2D eigenvalue weighted by atomic mass is 79.9. The van der Waals surface area contributed by atoms with Crippen molar-refractivity contribution in [1.82, 2.24) is 0 Å². The lowest BCUT2D eigenvalue weighted by Gasteiger charge is -2.09. The van der Waals surface area contributed by atoms with Crippen molar-refractivity contribution in [2.45, 2.75) is 6.18 Å². The van der Waals surface area contributed by atoms with Crippen molar-refractivity contribution >= 4 is 49.0 Å². The van der Waals surface area contributed by atoms with Gasteiger partial charge in [0.25, 0.3) is 0 Å². The topological polar surface area (TPSA) is 26.3 Å². The molecule has 8 heteroatoms. The normalized spacial score (nSPS) is 11.5. The largest absolute Gasteiger partial charge is 0.485 e. The van der Waals surface area contributed by atoms with Crippen molar-refractivity contribution in [3.63, 3.8) is 0 Å². The molecule has 0 spiro atoms. The number of ketones is 1. The molecular formula is C13H7Br2F3O2S. The summed E-state index contributed by atoms with van der Waals surface area (Å²) in [6.07, 6.45) is -4.44. The van der Waals surface area contributed by atoms with Crippen molar-refractivity contribution in [3.8, 4) is 5.75 Å². The summed E-state index contributed by atoms with van der Waals surface area (Å²) in [5.41, 5.74) is -0.384. The maximum atomic E-state index is 12.6. The first kappa shape index (κ1) is 16.5. The standard InChI is InChI=1S/C13H7Br2F3O2S/c14-11-5-9(12(15)21-11)10(19)6-20-8-3-1-2-7(4-8)13(16,17)18/h1-5H,6H2. The van der Waals surface area contributed by atoms with Gasteiger partial charge in [-0.2, -0.15) is 13.2 Å². The lowest BCUT2D eigenvalue weighted by molar-refractivity contribution is -0.137. The van der Waals surface area contributed by atoms with Crippen LogP contribution in [0.5, 0.6) is 5.75 Å². The Kier molecular flexibility index (Phi) is 5.11. The number of carbonyl (C=O) groups is 1. The molecule has 0 radical (unpaired) electrons. The summed E-state index contributed by atoms with van der Waals surface area (Å²) in [6.45, 7) is -0.330. The fourth-order valence-corrected chi connectivity index (χ4v) is 4.37. The minimum Gasteiger partial charge on any atom is -0.485 e. The second-order valence-electron chi connectivity index (χ2n) is 3.98. The Balaban J connectivity index is 2.07. The lowest BCUT2D eigenvalue weighted by Crippen LogP contribution is -2.12. The Labute approximate surface area is 139 Å². The number of halogens is 5. The molecule has 21 heavy (non-hydrogen) atoms. The van der Waals surface area contributed by atoms with E-state index in [0.29, 0.717) is 9.35 Å². The minimum atomic E-state index is -4.44. The van der Waals surface area contributed by atoms with Crippen LogP contribution in [0.2, 0.25) is 0 Å². The van der Waals surface area contributed by atoms with Crippen molar-refractivity contribution in [2.75, 3.05) is 6.61 Å². The van der Waals surface area contributed by atoms with Gasteiger partial charge in [-0.15, -0.1) is 11.3 Å². The van der Waals surface area contributed by atoms with Crippen LogP contribution in [0.15, 0.2) is 37.9 Å². The van der Waals surface area contributed by atoms with Crippen LogP contribution < -0.4 is 4.74 Å². The molecule has 2 aromatic rings. The summed E-state index contributed by atoms with van der Waals surface area (Å²) in [5.74, 6) is -0.315. The van der Waals surface area contributed by atoms with Gasteiger partial charge in [-0.1, -0.05) is 6.07 Å². The highest BCUT2D eigenvalue weighted by molar-refractivity contribution is 9.12. The fourth-order valence-electron chi connectivity index (χ4n) is 1.52. The Hall–Kier alpha value is -0.860. The van der Waals surface area contributed by atoms with Crippen LogP contribution in [-0.2, 0) is 6.18 Å². The van der Waals surface area contributed by atoms with Gasteiger partial charge in [0.15, 0.2) is 6.61 Å². The molecule has 2 rings (SSSR count).